The highest BCUT2D eigenvalue weighted by Gasteiger charge is 2.26. The van der Waals surface area contributed by atoms with Gasteiger partial charge in [0, 0.05) is 18.1 Å². The van der Waals surface area contributed by atoms with Crippen LogP contribution in [0.3, 0.4) is 0 Å². The topological polar surface area (TPSA) is 58.4 Å². The number of nitrogens with two attached hydrogens (primary N) is 1. The molecule has 0 aliphatic carbocycles. The molecular weight excluding hydrogens is 202 g/mol. The smallest absolute Gasteiger partial charge is 0.234 e. The summed E-state index contributed by atoms with van der Waals surface area (Å²) in [6, 6.07) is 0.727. The van der Waals surface area contributed by atoms with Crippen LogP contribution >= 0.6 is 0 Å². The zero-order valence-electron chi connectivity index (χ0n) is 10.7. The van der Waals surface area contributed by atoms with E-state index in [-0.39, 0.29) is 18.0 Å². The Labute approximate surface area is 98.6 Å². The first-order valence-corrected chi connectivity index (χ1v) is 6.29. The summed E-state index contributed by atoms with van der Waals surface area (Å²) < 4.78 is 0. The molecule has 3 N–H and O–H groups in total. The van der Waals surface area contributed by atoms with E-state index in [4.69, 9.17) is 5.73 Å². The monoisotopic (exact) mass is 227 g/mol. The number of piperidine rings is 1. The molecule has 1 aliphatic rings. The Bertz CT molecular complexity index is 228. The highest BCUT2D eigenvalue weighted by atomic mass is 16.2. The molecule has 16 heavy (non-hydrogen) atoms. The van der Waals surface area contributed by atoms with Crippen molar-refractivity contribution in [3.63, 3.8) is 0 Å². The van der Waals surface area contributed by atoms with Crippen LogP contribution in [0.15, 0.2) is 0 Å². The summed E-state index contributed by atoms with van der Waals surface area (Å²) >= 11 is 0. The number of rotatable bonds is 4. The van der Waals surface area contributed by atoms with Gasteiger partial charge in [0.25, 0.3) is 0 Å². The predicted octanol–water partition coefficient (Wildman–Crippen LogP) is 0.713. The second-order valence-electron chi connectivity index (χ2n) is 5.11. The van der Waals surface area contributed by atoms with E-state index in [0.717, 1.165) is 13.0 Å². The molecule has 0 radical (unpaired) electrons. The average Bonchev–Trinajstić information content (AvgIpc) is 2.16. The Hall–Kier alpha value is -0.610. The van der Waals surface area contributed by atoms with Gasteiger partial charge in [-0.05, 0) is 40.2 Å². The maximum atomic E-state index is 11.7. The fourth-order valence-electron chi connectivity index (χ4n) is 2.36. The first-order valence-electron chi connectivity index (χ1n) is 6.29. The third-order valence-corrected chi connectivity index (χ3v) is 3.07. The summed E-state index contributed by atoms with van der Waals surface area (Å²) in [4.78, 5) is 13.9. The first-order chi connectivity index (χ1) is 7.50. The predicted molar refractivity (Wildman–Crippen MR) is 66.1 cm³/mol. The van der Waals surface area contributed by atoms with Gasteiger partial charge in [0.05, 0.1) is 6.54 Å². The SMILES string of the molecule is CC(C)NC(=O)CN1CCCCC1C(C)N. The number of nitrogens with one attached hydrogen (secondary N) is 1. The molecule has 0 aromatic carbocycles. The second-order valence-corrected chi connectivity index (χ2v) is 5.11. The number of carbonyl (C=O) groups is 1. The molecule has 4 heteroatoms. The van der Waals surface area contributed by atoms with Crippen molar-refractivity contribution in [2.24, 2.45) is 5.73 Å². The van der Waals surface area contributed by atoms with Crippen LogP contribution in [0.1, 0.15) is 40.0 Å². The molecule has 1 saturated heterocycles. The molecule has 1 heterocycles. The first kappa shape index (κ1) is 13.5. The largest absolute Gasteiger partial charge is 0.353 e. The lowest BCUT2D eigenvalue weighted by Crippen LogP contribution is -2.52. The van der Waals surface area contributed by atoms with Crippen molar-refractivity contribution in [3.05, 3.63) is 0 Å². The van der Waals surface area contributed by atoms with Crippen LogP contribution in [0, 0.1) is 0 Å². The Morgan fingerprint density at radius 1 is 1.44 bits per heavy atom. The lowest BCUT2D eigenvalue weighted by Gasteiger charge is -2.37. The summed E-state index contributed by atoms with van der Waals surface area (Å²) in [7, 11) is 0. The summed E-state index contributed by atoms with van der Waals surface area (Å²) in [6.07, 6.45) is 3.53. The van der Waals surface area contributed by atoms with Crippen LogP contribution in [-0.2, 0) is 4.79 Å². The zero-order chi connectivity index (χ0) is 12.1. The summed E-state index contributed by atoms with van der Waals surface area (Å²) in [6.45, 7) is 7.49. The van der Waals surface area contributed by atoms with Crippen molar-refractivity contribution in [3.8, 4) is 0 Å². The third kappa shape index (κ3) is 4.10. The normalized spacial score (nSPS) is 24.4. The zero-order valence-corrected chi connectivity index (χ0v) is 10.7. The van der Waals surface area contributed by atoms with E-state index in [1.807, 2.05) is 20.8 Å². The van der Waals surface area contributed by atoms with Crippen LogP contribution in [0.25, 0.3) is 0 Å². The Balaban J connectivity index is 2.46. The Kier molecular flexibility index (Phi) is 5.22. The minimum absolute atomic E-state index is 0.113. The Morgan fingerprint density at radius 2 is 2.12 bits per heavy atom. The lowest BCUT2D eigenvalue weighted by atomic mass is 9.97. The van der Waals surface area contributed by atoms with Crippen molar-refractivity contribution in [1.82, 2.24) is 10.2 Å². The molecule has 94 valence electrons. The van der Waals surface area contributed by atoms with E-state index in [0.29, 0.717) is 12.6 Å². The summed E-state index contributed by atoms with van der Waals surface area (Å²) in [5.41, 5.74) is 5.96. The molecule has 1 rings (SSSR count). The number of amides is 1. The van der Waals surface area contributed by atoms with Crippen molar-refractivity contribution in [2.75, 3.05) is 13.1 Å². The molecule has 1 fully saturated rings. The molecule has 2 unspecified atom stereocenters. The highest BCUT2D eigenvalue weighted by Crippen LogP contribution is 2.18. The van der Waals surface area contributed by atoms with E-state index < -0.39 is 0 Å². The van der Waals surface area contributed by atoms with Crippen LogP contribution in [0.4, 0.5) is 0 Å². The summed E-state index contributed by atoms with van der Waals surface area (Å²) in [5.74, 6) is 0.113. The van der Waals surface area contributed by atoms with E-state index in [2.05, 4.69) is 10.2 Å². The number of hydrogen-bond donors (Lipinski definition) is 2. The third-order valence-electron chi connectivity index (χ3n) is 3.07. The van der Waals surface area contributed by atoms with Crippen molar-refractivity contribution >= 4 is 5.91 Å². The highest BCUT2D eigenvalue weighted by molar-refractivity contribution is 5.78. The molecule has 0 bridgehead atoms. The van der Waals surface area contributed by atoms with Gasteiger partial charge in [0.1, 0.15) is 0 Å². The average molecular weight is 227 g/mol. The van der Waals surface area contributed by atoms with Gasteiger partial charge in [-0.2, -0.15) is 0 Å². The van der Waals surface area contributed by atoms with Gasteiger partial charge in [-0.3, -0.25) is 9.69 Å². The lowest BCUT2D eigenvalue weighted by molar-refractivity contribution is -0.123. The van der Waals surface area contributed by atoms with E-state index >= 15 is 0 Å². The molecule has 0 spiro atoms. The molecular formula is C12H25N3O. The molecule has 0 aromatic rings. The van der Waals surface area contributed by atoms with Gasteiger partial charge in [0.15, 0.2) is 0 Å². The number of carbonyl (C=O) groups excluding carboxylic acids is 1. The molecule has 2 atom stereocenters. The molecule has 0 saturated carbocycles. The number of hydrogen-bond acceptors (Lipinski definition) is 3. The van der Waals surface area contributed by atoms with Crippen LogP contribution in [-0.4, -0.2) is 42.0 Å². The van der Waals surface area contributed by atoms with Gasteiger partial charge >= 0.3 is 0 Å². The molecule has 1 amide bonds. The van der Waals surface area contributed by atoms with Gasteiger partial charge in [-0.25, -0.2) is 0 Å². The van der Waals surface area contributed by atoms with E-state index in [1.54, 1.807) is 0 Å². The van der Waals surface area contributed by atoms with E-state index in [9.17, 15) is 4.79 Å². The maximum Gasteiger partial charge on any atom is 0.234 e. The Morgan fingerprint density at radius 3 is 2.69 bits per heavy atom. The van der Waals surface area contributed by atoms with Gasteiger partial charge in [0.2, 0.25) is 5.91 Å². The summed E-state index contributed by atoms with van der Waals surface area (Å²) in [5, 5.41) is 2.93. The quantitative estimate of drug-likeness (QED) is 0.744. The van der Waals surface area contributed by atoms with Crippen LogP contribution in [0.2, 0.25) is 0 Å². The van der Waals surface area contributed by atoms with Gasteiger partial charge in [-0.15, -0.1) is 0 Å². The maximum absolute atomic E-state index is 11.7. The van der Waals surface area contributed by atoms with Gasteiger partial charge < -0.3 is 11.1 Å². The van der Waals surface area contributed by atoms with Crippen LogP contribution in [0.5, 0.6) is 0 Å². The fourth-order valence-corrected chi connectivity index (χ4v) is 2.36. The minimum Gasteiger partial charge on any atom is -0.353 e. The van der Waals surface area contributed by atoms with Crippen molar-refractivity contribution in [2.45, 2.75) is 58.2 Å². The van der Waals surface area contributed by atoms with Crippen LogP contribution < -0.4 is 11.1 Å². The number of likely N-dealkylation sites (tertiary alicyclic amines) is 1. The van der Waals surface area contributed by atoms with Crippen molar-refractivity contribution < 1.29 is 4.79 Å². The molecule has 0 aromatic heterocycles. The minimum atomic E-state index is 0.113. The number of nitrogens with zero attached hydrogens (tertiary/aromatic N) is 1. The van der Waals surface area contributed by atoms with E-state index in [1.165, 1.54) is 12.8 Å². The van der Waals surface area contributed by atoms with Gasteiger partial charge in [-0.1, -0.05) is 6.42 Å². The molecule has 4 nitrogen and oxygen atoms in total. The fraction of sp³-hybridized carbons (Fsp3) is 0.917. The van der Waals surface area contributed by atoms with Crippen molar-refractivity contribution in [1.29, 1.82) is 0 Å². The second kappa shape index (κ2) is 6.21. The standard InChI is InChI=1S/C12H25N3O/c1-9(2)14-12(16)8-15-7-5-4-6-11(15)10(3)13/h9-11H,4-8,13H2,1-3H3,(H,14,16). The molecule has 1 aliphatic heterocycles.